The molecule has 0 spiro atoms. The Hall–Kier alpha value is -2.62. The molecule has 0 aliphatic rings. The molecule has 0 bridgehead atoms. The molecule has 0 aliphatic carbocycles. The summed E-state index contributed by atoms with van der Waals surface area (Å²) in [6.07, 6.45) is 0.356. The van der Waals surface area contributed by atoms with Gasteiger partial charge in [-0.15, -0.1) is 0 Å². The van der Waals surface area contributed by atoms with E-state index in [1.807, 2.05) is 54.6 Å². The zero-order chi connectivity index (χ0) is 13.1. The van der Waals surface area contributed by atoms with E-state index in [0.29, 0.717) is 18.0 Å². The molecule has 0 atom stereocenters. The summed E-state index contributed by atoms with van der Waals surface area (Å²) in [4.78, 5) is 4.37. The second-order valence-electron chi connectivity index (χ2n) is 4.16. The Morgan fingerprint density at radius 1 is 1.05 bits per heavy atom. The van der Waals surface area contributed by atoms with Gasteiger partial charge in [-0.25, -0.2) is 4.98 Å². The molecule has 4 heteroatoms. The number of oxazole rings is 1. The van der Waals surface area contributed by atoms with E-state index in [9.17, 15) is 0 Å². The fourth-order valence-corrected chi connectivity index (χ4v) is 1.96. The largest absolute Gasteiger partial charge is 0.440 e. The van der Waals surface area contributed by atoms with Crippen molar-refractivity contribution in [3.05, 3.63) is 66.1 Å². The van der Waals surface area contributed by atoms with Crippen molar-refractivity contribution in [2.24, 2.45) is 5.16 Å². The van der Waals surface area contributed by atoms with Gasteiger partial charge in [0.25, 0.3) is 0 Å². The van der Waals surface area contributed by atoms with Gasteiger partial charge in [0.05, 0.1) is 12.1 Å². The number of hydrogen-bond acceptors (Lipinski definition) is 4. The van der Waals surface area contributed by atoms with E-state index >= 15 is 0 Å². The molecular weight excluding hydrogens is 240 g/mol. The number of nitrogens with zero attached hydrogens (tertiary/aromatic N) is 2. The van der Waals surface area contributed by atoms with Gasteiger partial charge in [-0.3, -0.25) is 0 Å². The molecule has 0 saturated heterocycles. The quantitative estimate of drug-likeness (QED) is 0.442. The molecule has 3 rings (SSSR count). The Balaban J connectivity index is 1.91. The van der Waals surface area contributed by atoms with Crippen molar-refractivity contribution in [3.63, 3.8) is 0 Å². The van der Waals surface area contributed by atoms with Gasteiger partial charge >= 0.3 is 0 Å². The summed E-state index contributed by atoms with van der Waals surface area (Å²) < 4.78 is 5.62. The van der Waals surface area contributed by atoms with E-state index in [-0.39, 0.29) is 0 Å². The fraction of sp³-hybridized carbons (Fsp3) is 0.0667. The maximum Gasteiger partial charge on any atom is 0.201 e. The third kappa shape index (κ3) is 2.33. The average Bonchev–Trinajstić information content (AvgIpc) is 2.88. The number of benzene rings is 2. The minimum absolute atomic E-state index is 0.356. The number of aromatic nitrogens is 1. The molecule has 19 heavy (non-hydrogen) atoms. The highest BCUT2D eigenvalue weighted by Gasteiger charge is 2.11. The van der Waals surface area contributed by atoms with E-state index in [1.165, 1.54) is 0 Å². The van der Waals surface area contributed by atoms with Crippen LogP contribution in [0, 0.1) is 0 Å². The molecule has 0 unspecified atom stereocenters. The second-order valence-corrected chi connectivity index (χ2v) is 4.16. The lowest BCUT2D eigenvalue weighted by Gasteiger charge is -2.01. The Morgan fingerprint density at radius 2 is 1.79 bits per heavy atom. The third-order valence-electron chi connectivity index (χ3n) is 2.88. The molecule has 0 aliphatic heterocycles. The summed E-state index contributed by atoms with van der Waals surface area (Å²) in [6, 6.07) is 17.0. The van der Waals surface area contributed by atoms with Gasteiger partial charge in [0.1, 0.15) is 5.52 Å². The summed E-state index contributed by atoms with van der Waals surface area (Å²) >= 11 is 0. The smallest absolute Gasteiger partial charge is 0.201 e. The van der Waals surface area contributed by atoms with Crippen molar-refractivity contribution in [1.82, 2.24) is 4.98 Å². The Morgan fingerprint density at radius 3 is 2.53 bits per heavy atom. The molecule has 94 valence electrons. The van der Waals surface area contributed by atoms with Crippen molar-refractivity contribution in [3.8, 4) is 0 Å². The highest BCUT2D eigenvalue weighted by Crippen LogP contribution is 2.16. The summed E-state index contributed by atoms with van der Waals surface area (Å²) in [7, 11) is 0. The SMILES string of the molecule is ON=C(Cc1nc2ccccc2o1)c1ccccc1. The van der Waals surface area contributed by atoms with Crippen LogP contribution in [0.1, 0.15) is 11.5 Å². The van der Waals surface area contributed by atoms with Crippen LogP contribution in [0.3, 0.4) is 0 Å². The van der Waals surface area contributed by atoms with Crippen LogP contribution >= 0.6 is 0 Å². The zero-order valence-corrected chi connectivity index (χ0v) is 10.2. The normalized spacial score (nSPS) is 11.9. The molecule has 4 nitrogen and oxygen atoms in total. The van der Waals surface area contributed by atoms with Gasteiger partial charge in [-0.2, -0.15) is 0 Å². The Labute approximate surface area is 110 Å². The summed E-state index contributed by atoms with van der Waals surface area (Å²) in [5, 5.41) is 12.5. The monoisotopic (exact) mass is 252 g/mol. The average molecular weight is 252 g/mol. The van der Waals surface area contributed by atoms with Gasteiger partial charge in [0, 0.05) is 0 Å². The van der Waals surface area contributed by atoms with E-state index in [2.05, 4.69) is 10.1 Å². The first-order valence-corrected chi connectivity index (χ1v) is 5.97. The van der Waals surface area contributed by atoms with Gasteiger partial charge < -0.3 is 9.62 Å². The molecule has 1 N–H and O–H groups in total. The maximum absolute atomic E-state index is 9.13. The van der Waals surface area contributed by atoms with Gasteiger partial charge in [0.15, 0.2) is 5.58 Å². The van der Waals surface area contributed by atoms with Gasteiger partial charge in [-0.05, 0) is 17.7 Å². The van der Waals surface area contributed by atoms with Crippen molar-refractivity contribution in [2.45, 2.75) is 6.42 Å². The minimum atomic E-state index is 0.356. The van der Waals surface area contributed by atoms with Crippen molar-refractivity contribution >= 4 is 16.8 Å². The lowest BCUT2D eigenvalue weighted by atomic mass is 10.1. The lowest BCUT2D eigenvalue weighted by molar-refractivity contribution is 0.318. The van der Waals surface area contributed by atoms with Crippen LogP contribution < -0.4 is 0 Å². The molecule has 2 aromatic carbocycles. The molecule has 0 amide bonds. The van der Waals surface area contributed by atoms with Crippen molar-refractivity contribution < 1.29 is 9.62 Å². The van der Waals surface area contributed by atoms with Crippen LogP contribution in [-0.4, -0.2) is 15.9 Å². The standard InChI is InChI=1S/C15H12N2O2/c18-17-13(11-6-2-1-3-7-11)10-15-16-12-8-4-5-9-14(12)19-15/h1-9,18H,10H2. The topological polar surface area (TPSA) is 58.6 Å². The Kier molecular flexibility index (Phi) is 2.98. The molecule has 0 fully saturated rings. The molecule has 3 aromatic rings. The highest BCUT2D eigenvalue weighted by molar-refractivity contribution is 6.01. The lowest BCUT2D eigenvalue weighted by Crippen LogP contribution is -2.05. The van der Waals surface area contributed by atoms with Crippen molar-refractivity contribution in [2.75, 3.05) is 0 Å². The number of rotatable bonds is 3. The van der Waals surface area contributed by atoms with Gasteiger partial charge in [-0.1, -0.05) is 47.6 Å². The molecule has 1 aromatic heterocycles. The molecule has 0 radical (unpaired) electrons. The predicted molar refractivity (Wildman–Crippen MR) is 72.5 cm³/mol. The first kappa shape index (κ1) is 11.5. The fourth-order valence-electron chi connectivity index (χ4n) is 1.96. The summed E-state index contributed by atoms with van der Waals surface area (Å²) in [5.41, 5.74) is 2.94. The summed E-state index contributed by atoms with van der Waals surface area (Å²) in [5.74, 6) is 0.540. The molecule has 1 heterocycles. The minimum Gasteiger partial charge on any atom is -0.440 e. The third-order valence-corrected chi connectivity index (χ3v) is 2.88. The van der Waals surface area contributed by atoms with Crippen LogP contribution in [0.4, 0.5) is 0 Å². The molecular formula is C15H12N2O2. The van der Waals surface area contributed by atoms with Crippen LogP contribution in [0.2, 0.25) is 0 Å². The predicted octanol–water partition coefficient (Wildman–Crippen LogP) is 3.25. The first-order chi connectivity index (χ1) is 9.36. The van der Waals surface area contributed by atoms with Crippen molar-refractivity contribution in [1.29, 1.82) is 0 Å². The molecule has 0 saturated carbocycles. The van der Waals surface area contributed by atoms with Crippen LogP contribution in [-0.2, 0) is 6.42 Å². The van der Waals surface area contributed by atoms with E-state index in [1.54, 1.807) is 0 Å². The van der Waals surface area contributed by atoms with E-state index < -0.39 is 0 Å². The number of hydrogen-bond donors (Lipinski definition) is 1. The second kappa shape index (κ2) is 4.94. The zero-order valence-electron chi connectivity index (χ0n) is 10.2. The Bertz CT molecular complexity index is 684. The maximum atomic E-state index is 9.13. The van der Waals surface area contributed by atoms with Crippen LogP contribution in [0.5, 0.6) is 0 Å². The number of fused-ring (bicyclic) bond motifs is 1. The summed E-state index contributed by atoms with van der Waals surface area (Å²) in [6.45, 7) is 0. The highest BCUT2D eigenvalue weighted by atomic mass is 16.4. The van der Waals surface area contributed by atoms with E-state index in [4.69, 9.17) is 9.62 Å². The van der Waals surface area contributed by atoms with E-state index in [0.717, 1.165) is 16.7 Å². The first-order valence-electron chi connectivity index (χ1n) is 5.97. The number of para-hydroxylation sites is 2. The number of oxime groups is 1. The van der Waals surface area contributed by atoms with Gasteiger partial charge in [0.2, 0.25) is 5.89 Å². The van der Waals surface area contributed by atoms with Crippen LogP contribution in [0.15, 0.2) is 64.2 Å². The van der Waals surface area contributed by atoms with Crippen LogP contribution in [0.25, 0.3) is 11.1 Å².